The van der Waals surface area contributed by atoms with Gasteiger partial charge in [-0.05, 0) is 35.7 Å². The van der Waals surface area contributed by atoms with E-state index in [1.165, 1.54) is 0 Å². The van der Waals surface area contributed by atoms with Crippen molar-refractivity contribution in [3.05, 3.63) is 64.1 Å². The third kappa shape index (κ3) is 3.02. The first-order chi connectivity index (χ1) is 10.8. The van der Waals surface area contributed by atoms with Crippen LogP contribution >= 0.6 is 11.3 Å². The predicted molar refractivity (Wildman–Crippen MR) is 81.6 cm³/mol. The second kappa shape index (κ2) is 6.20. The molecule has 0 atom stereocenters. The highest BCUT2D eigenvalue weighted by atomic mass is 32.1. The number of amides is 1. The predicted octanol–water partition coefficient (Wildman–Crippen LogP) is 2.13. The summed E-state index contributed by atoms with van der Waals surface area (Å²) in [7, 11) is 0. The number of nitriles is 1. The second-order valence-electron chi connectivity index (χ2n) is 4.51. The molecule has 0 aliphatic rings. The van der Waals surface area contributed by atoms with Gasteiger partial charge in [0.25, 0.3) is 5.91 Å². The molecule has 0 fully saturated rings. The molecule has 2 heterocycles. The summed E-state index contributed by atoms with van der Waals surface area (Å²) in [4.78, 5) is 12.0. The average molecular weight is 309 g/mol. The molecule has 0 spiro atoms. The summed E-state index contributed by atoms with van der Waals surface area (Å²) in [6.45, 7) is 0.295. The Labute approximate surface area is 130 Å². The fourth-order valence-electron chi connectivity index (χ4n) is 1.86. The molecule has 0 aliphatic heterocycles. The molecule has 1 N–H and O–H groups in total. The SMILES string of the molecule is N#Cc1ccc(C(=O)NCc2cn(-c3ccsc3)nn2)cc1. The third-order valence-corrected chi connectivity index (χ3v) is 3.69. The fraction of sp³-hybridized carbons (Fsp3) is 0.0667. The molecule has 0 aliphatic carbocycles. The van der Waals surface area contributed by atoms with Crippen molar-refractivity contribution in [2.24, 2.45) is 0 Å². The number of thiophene rings is 1. The molecule has 6 nitrogen and oxygen atoms in total. The van der Waals surface area contributed by atoms with E-state index >= 15 is 0 Å². The maximum absolute atomic E-state index is 12.0. The van der Waals surface area contributed by atoms with Gasteiger partial charge in [-0.2, -0.15) is 16.6 Å². The minimum absolute atomic E-state index is 0.213. The van der Waals surface area contributed by atoms with Gasteiger partial charge in [-0.15, -0.1) is 5.10 Å². The summed E-state index contributed by atoms with van der Waals surface area (Å²) in [5.74, 6) is -0.213. The lowest BCUT2D eigenvalue weighted by Gasteiger charge is -2.02. The molecule has 108 valence electrons. The monoisotopic (exact) mass is 309 g/mol. The van der Waals surface area contributed by atoms with Gasteiger partial charge in [0.15, 0.2) is 0 Å². The maximum Gasteiger partial charge on any atom is 0.251 e. The number of aromatic nitrogens is 3. The Kier molecular flexibility index (Phi) is 3.94. The van der Waals surface area contributed by atoms with Gasteiger partial charge < -0.3 is 5.32 Å². The Bertz CT molecular complexity index is 814. The lowest BCUT2D eigenvalue weighted by atomic mass is 10.1. The van der Waals surface area contributed by atoms with Gasteiger partial charge in [-0.1, -0.05) is 5.21 Å². The first kappa shape index (κ1) is 14.0. The van der Waals surface area contributed by atoms with Crippen LogP contribution in [0.1, 0.15) is 21.6 Å². The van der Waals surface area contributed by atoms with Crippen LogP contribution in [0.4, 0.5) is 0 Å². The van der Waals surface area contributed by atoms with E-state index in [4.69, 9.17) is 5.26 Å². The smallest absolute Gasteiger partial charge is 0.251 e. The first-order valence-corrected chi connectivity index (χ1v) is 7.43. The second-order valence-corrected chi connectivity index (χ2v) is 5.29. The van der Waals surface area contributed by atoms with Crippen LogP contribution in [0.25, 0.3) is 5.69 Å². The molecule has 1 aromatic carbocycles. The van der Waals surface area contributed by atoms with Crippen LogP contribution in [0.5, 0.6) is 0 Å². The topological polar surface area (TPSA) is 83.6 Å². The first-order valence-electron chi connectivity index (χ1n) is 6.48. The number of hydrogen-bond donors (Lipinski definition) is 1. The van der Waals surface area contributed by atoms with Crippen LogP contribution in [-0.2, 0) is 6.54 Å². The van der Waals surface area contributed by atoms with Crippen molar-refractivity contribution in [3.8, 4) is 11.8 Å². The van der Waals surface area contributed by atoms with Crippen LogP contribution < -0.4 is 5.32 Å². The molecular formula is C15H11N5OS. The standard InChI is InChI=1S/C15H11N5OS/c16-7-11-1-3-12(4-2-11)15(21)17-8-13-9-20(19-18-13)14-5-6-22-10-14/h1-6,9-10H,8H2,(H,17,21). The lowest BCUT2D eigenvalue weighted by molar-refractivity contribution is 0.0950. The molecule has 0 saturated carbocycles. The Hall–Kier alpha value is -2.98. The highest BCUT2D eigenvalue weighted by Crippen LogP contribution is 2.11. The van der Waals surface area contributed by atoms with Gasteiger partial charge in [0.05, 0.1) is 30.1 Å². The molecular weight excluding hydrogens is 298 g/mol. The molecule has 22 heavy (non-hydrogen) atoms. The number of carbonyl (C=O) groups excluding carboxylic acids is 1. The van der Waals surface area contributed by atoms with Crippen LogP contribution in [0.15, 0.2) is 47.3 Å². The fourth-order valence-corrected chi connectivity index (χ4v) is 2.48. The van der Waals surface area contributed by atoms with Crippen molar-refractivity contribution in [2.75, 3.05) is 0 Å². The van der Waals surface area contributed by atoms with Crippen LogP contribution in [-0.4, -0.2) is 20.9 Å². The third-order valence-electron chi connectivity index (χ3n) is 3.02. The molecule has 0 bridgehead atoms. The molecule has 0 saturated heterocycles. The maximum atomic E-state index is 12.0. The van der Waals surface area contributed by atoms with Crippen LogP contribution in [0, 0.1) is 11.3 Å². The van der Waals surface area contributed by atoms with E-state index in [1.54, 1.807) is 46.5 Å². The zero-order valence-corrected chi connectivity index (χ0v) is 12.2. The summed E-state index contributed by atoms with van der Waals surface area (Å²) in [5.41, 5.74) is 2.65. The molecule has 0 radical (unpaired) electrons. The Morgan fingerprint density at radius 1 is 1.32 bits per heavy atom. The summed E-state index contributed by atoms with van der Waals surface area (Å²) in [6.07, 6.45) is 1.78. The van der Waals surface area contributed by atoms with E-state index in [0.29, 0.717) is 23.4 Å². The van der Waals surface area contributed by atoms with Crippen molar-refractivity contribution in [3.63, 3.8) is 0 Å². The zero-order chi connectivity index (χ0) is 15.4. The summed E-state index contributed by atoms with van der Waals surface area (Å²) in [5, 5.41) is 23.5. The normalized spacial score (nSPS) is 10.1. The van der Waals surface area contributed by atoms with Gasteiger partial charge in [0.2, 0.25) is 0 Å². The van der Waals surface area contributed by atoms with E-state index in [-0.39, 0.29) is 5.91 Å². The van der Waals surface area contributed by atoms with Gasteiger partial charge >= 0.3 is 0 Å². The lowest BCUT2D eigenvalue weighted by Crippen LogP contribution is -2.22. The summed E-state index contributed by atoms with van der Waals surface area (Å²) < 4.78 is 1.67. The average Bonchev–Trinajstić information content (AvgIpc) is 3.23. The van der Waals surface area contributed by atoms with Gasteiger partial charge in [-0.3, -0.25) is 4.79 Å². The quantitative estimate of drug-likeness (QED) is 0.800. The molecule has 3 aromatic rings. The van der Waals surface area contributed by atoms with E-state index in [1.807, 2.05) is 22.9 Å². The highest BCUT2D eigenvalue weighted by molar-refractivity contribution is 7.08. The zero-order valence-electron chi connectivity index (χ0n) is 11.4. The Morgan fingerprint density at radius 2 is 2.14 bits per heavy atom. The molecule has 1 amide bonds. The number of benzene rings is 1. The number of nitrogens with one attached hydrogen (secondary N) is 1. The molecule has 3 rings (SSSR count). The summed E-state index contributed by atoms with van der Waals surface area (Å²) in [6, 6.07) is 10.4. The Morgan fingerprint density at radius 3 is 2.82 bits per heavy atom. The van der Waals surface area contributed by atoms with Crippen LogP contribution in [0.2, 0.25) is 0 Å². The van der Waals surface area contributed by atoms with E-state index < -0.39 is 0 Å². The van der Waals surface area contributed by atoms with Gasteiger partial charge in [0.1, 0.15) is 5.69 Å². The van der Waals surface area contributed by atoms with Crippen molar-refractivity contribution in [1.29, 1.82) is 5.26 Å². The van der Waals surface area contributed by atoms with Crippen LogP contribution in [0.3, 0.4) is 0 Å². The number of nitrogens with zero attached hydrogens (tertiary/aromatic N) is 4. The summed E-state index contributed by atoms with van der Waals surface area (Å²) >= 11 is 1.58. The number of hydrogen-bond acceptors (Lipinski definition) is 5. The van der Waals surface area contributed by atoms with Gasteiger partial charge in [0, 0.05) is 10.9 Å². The Balaban J connectivity index is 1.62. The van der Waals surface area contributed by atoms with Crippen molar-refractivity contribution in [1.82, 2.24) is 20.3 Å². The van der Waals surface area contributed by atoms with Crippen molar-refractivity contribution in [2.45, 2.75) is 6.54 Å². The van der Waals surface area contributed by atoms with Gasteiger partial charge in [-0.25, -0.2) is 4.68 Å². The number of rotatable bonds is 4. The largest absolute Gasteiger partial charge is 0.346 e. The van der Waals surface area contributed by atoms with E-state index in [9.17, 15) is 4.79 Å². The van der Waals surface area contributed by atoms with E-state index in [0.717, 1.165) is 5.69 Å². The highest BCUT2D eigenvalue weighted by Gasteiger charge is 2.08. The van der Waals surface area contributed by atoms with E-state index in [2.05, 4.69) is 15.6 Å². The van der Waals surface area contributed by atoms with Crippen molar-refractivity contribution >= 4 is 17.2 Å². The van der Waals surface area contributed by atoms with Crippen molar-refractivity contribution < 1.29 is 4.79 Å². The molecule has 0 unspecified atom stereocenters. The minimum atomic E-state index is -0.213. The number of carbonyl (C=O) groups is 1. The molecule has 2 aromatic heterocycles. The minimum Gasteiger partial charge on any atom is -0.346 e. The molecule has 7 heteroatoms.